The van der Waals surface area contributed by atoms with Crippen LogP contribution in [0.3, 0.4) is 0 Å². The highest BCUT2D eigenvalue weighted by atomic mass is 32.2. The van der Waals surface area contributed by atoms with E-state index in [2.05, 4.69) is 48.5 Å². The van der Waals surface area contributed by atoms with Crippen molar-refractivity contribution in [3.8, 4) is 5.75 Å². The number of aliphatic hydroxyl groups excluding tert-OH is 1. The molecule has 2 aromatic carbocycles. The van der Waals surface area contributed by atoms with Gasteiger partial charge >= 0.3 is 0 Å². The van der Waals surface area contributed by atoms with Crippen LogP contribution in [0.4, 0.5) is 5.69 Å². The predicted octanol–water partition coefficient (Wildman–Crippen LogP) is 5.64. The second kappa shape index (κ2) is 10.8. The van der Waals surface area contributed by atoms with Gasteiger partial charge in [0.05, 0.1) is 18.9 Å². The molecule has 1 atom stereocenters. The Kier molecular flexibility index (Phi) is 7.81. The molecule has 168 valence electrons. The fourth-order valence-corrected chi connectivity index (χ4v) is 5.60. The molecule has 0 aliphatic carbocycles. The van der Waals surface area contributed by atoms with Crippen LogP contribution in [-0.4, -0.2) is 31.5 Å². The van der Waals surface area contributed by atoms with Gasteiger partial charge in [0.2, 0.25) is 0 Å². The molecule has 2 aliphatic rings. The highest BCUT2D eigenvalue weighted by Crippen LogP contribution is 2.39. The molecule has 31 heavy (non-hydrogen) atoms. The number of benzene rings is 2. The number of anilines is 1. The zero-order valence-electron chi connectivity index (χ0n) is 18.8. The molecule has 0 spiro atoms. The topological polar surface area (TPSA) is 41.9 Å². The van der Waals surface area contributed by atoms with Gasteiger partial charge in [-0.3, -0.25) is 0 Å². The second-order valence-electron chi connectivity index (χ2n) is 8.74. The van der Waals surface area contributed by atoms with Gasteiger partial charge in [0.1, 0.15) is 5.75 Å². The summed E-state index contributed by atoms with van der Waals surface area (Å²) in [5.74, 6) is 2.01. The van der Waals surface area contributed by atoms with E-state index in [1.807, 2.05) is 6.07 Å². The van der Waals surface area contributed by atoms with Gasteiger partial charge in [-0.05, 0) is 84.9 Å². The van der Waals surface area contributed by atoms with Gasteiger partial charge < -0.3 is 18.9 Å². The van der Waals surface area contributed by atoms with Crippen molar-refractivity contribution in [1.29, 1.82) is 0 Å². The molecule has 0 saturated carbocycles. The first kappa shape index (κ1) is 22.5. The molecule has 2 heterocycles. The van der Waals surface area contributed by atoms with Crippen LogP contribution in [0.5, 0.6) is 5.75 Å². The Morgan fingerprint density at radius 1 is 1.10 bits per heavy atom. The first-order valence-corrected chi connectivity index (χ1v) is 12.5. The van der Waals surface area contributed by atoms with E-state index < -0.39 is 0 Å². The lowest BCUT2D eigenvalue weighted by Crippen LogP contribution is -2.30. The Balaban J connectivity index is 1.48. The molecule has 0 bridgehead atoms. The van der Waals surface area contributed by atoms with E-state index in [0.717, 1.165) is 61.7 Å². The van der Waals surface area contributed by atoms with E-state index in [1.54, 1.807) is 11.9 Å². The third kappa shape index (κ3) is 5.57. The molecule has 1 unspecified atom stereocenters. The Morgan fingerprint density at radius 2 is 1.94 bits per heavy atom. The average molecular weight is 442 g/mol. The minimum Gasteiger partial charge on any atom is -0.493 e. The molecule has 4 nitrogen and oxygen atoms in total. The fourth-order valence-electron chi connectivity index (χ4n) is 4.46. The minimum absolute atomic E-state index is 0.00839. The van der Waals surface area contributed by atoms with Gasteiger partial charge in [-0.25, -0.2) is 0 Å². The van der Waals surface area contributed by atoms with Crippen molar-refractivity contribution in [3.63, 3.8) is 0 Å². The second-order valence-corrected chi connectivity index (χ2v) is 9.84. The van der Waals surface area contributed by atoms with Crippen LogP contribution in [0.2, 0.25) is 0 Å². The third-order valence-corrected chi connectivity index (χ3v) is 7.60. The number of rotatable bonds is 8. The maximum absolute atomic E-state index is 9.96. The van der Waals surface area contributed by atoms with E-state index in [-0.39, 0.29) is 6.61 Å². The summed E-state index contributed by atoms with van der Waals surface area (Å²) in [7, 11) is 0. The lowest BCUT2D eigenvalue weighted by Gasteiger charge is -2.35. The van der Waals surface area contributed by atoms with Crippen LogP contribution >= 0.6 is 11.9 Å². The minimum atomic E-state index is -0.00839. The van der Waals surface area contributed by atoms with Gasteiger partial charge in [0.15, 0.2) is 0 Å². The van der Waals surface area contributed by atoms with E-state index in [1.165, 1.54) is 23.2 Å². The number of hydrogen-bond acceptors (Lipinski definition) is 5. The summed E-state index contributed by atoms with van der Waals surface area (Å²) in [6, 6.07) is 13.2. The Hall–Kier alpha value is -1.69. The summed E-state index contributed by atoms with van der Waals surface area (Å²) < 4.78 is 14.0. The van der Waals surface area contributed by atoms with Gasteiger partial charge in [-0.15, -0.1) is 0 Å². The molecule has 0 amide bonds. The maximum Gasteiger partial charge on any atom is 0.124 e. The molecule has 5 heteroatoms. The van der Waals surface area contributed by atoms with E-state index >= 15 is 0 Å². The number of ether oxygens (including phenoxy) is 2. The van der Waals surface area contributed by atoms with E-state index in [9.17, 15) is 5.11 Å². The summed E-state index contributed by atoms with van der Waals surface area (Å²) in [5.41, 5.74) is 5.07. The molecule has 4 rings (SSSR count). The Morgan fingerprint density at radius 3 is 2.68 bits per heavy atom. The number of nitrogens with zero attached hydrogens (tertiary/aromatic N) is 1. The quantitative estimate of drug-likeness (QED) is 0.537. The average Bonchev–Trinajstić information content (AvgIpc) is 2.83. The van der Waals surface area contributed by atoms with Crippen LogP contribution in [0.15, 0.2) is 41.3 Å². The molecule has 1 N–H and O–H groups in total. The van der Waals surface area contributed by atoms with Crippen molar-refractivity contribution in [3.05, 3.63) is 53.1 Å². The Labute approximate surface area is 191 Å². The van der Waals surface area contributed by atoms with Crippen LogP contribution < -0.4 is 9.04 Å². The summed E-state index contributed by atoms with van der Waals surface area (Å²) in [6.07, 6.45) is 5.53. The number of aryl methyl sites for hydroxylation is 1. The van der Waals surface area contributed by atoms with Crippen molar-refractivity contribution in [2.45, 2.75) is 57.5 Å². The number of fused-ring (bicyclic) bond motifs is 1. The van der Waals surface area contributed by atoms with Crippen molar-refractivity contribution in [2.75, 3.05) is 30.7 Å². The van der Waals surface area contributed by atoms with E-state index in [4.69, 9.17) is 9.47 Å². The van der Waals surface area contributed by atoms with Crippen molar-refractivity contribution in [2.24, 2.45) is 11.8 Å². The highest BCUT2D eigenvalue weighted by Gasteiger charge is 2.25. The van der Waals surface area contributed by atoms with E-state index in [0.29, 0.717) is 18.4 Å². The highest BCUT2D eigenvalue weighted by molar-refractivity contribution is 8.00. The molecule has 2 aliphatic heterocycles. The molecular weight excluding hydrogens is 406 g/mol. The lowest BCUT2D eigenvalue weighted by molar-refractivity contribution is 0.0494. The lowest BCUT2D eigenvalue weighted by atomic mass is 9.91. The SMILES string of the molecule is CCc1ccc2c(c1)CC(CC)CN2Sc1ccc(OCC2CCOCC2)c(CO)c1. The summed E-state index contributed by atoms with van der Waals surface area (Å²) in [6.45, 7) is 7.90. The fraction of sp³-hybridized carbons (Fsp3) is 0.538. The molecular formula is C26H35NO3S. The maximum atomic E-state index is 9.96. The number of aliphatic hydroxyl groups is 1. The summed E-state index contributed by atoms with van der Waals surface area (Å²) >= 11 is 1.77. The van der Waals surface area contributed by atoms with Gasteiger partial charge in [-0.1, -0.05) is 32.4 Å². The zero-order valence-corrected chi connectivity index (χ0v) is 19.6. The third-order valence-electron chi connectivity index (χ3n) is 6.56. The van der Waals surface area contributed by atoms with Crippen molar-refractivity contribution < 1.29 is 14.6 Å². The van der Waals surface area contributed by atoms with Crippen molar-refractivity contribution >= 4 is 17.6 Å². The predicted molar refractivity (Wildman–Crippen MR) is 128 cm³/mol. The summed E-state index contributed by atoms with van der Waals surface area (Å²) in [5, 5.41) is 9.96. The van der Waals surface area contributed by atoms with Crippen molar-refractivity contribution in [1.82, 2.24) is 0 Å². The first-order valence-electron chi connectivity index (χ1n) is 11.7. The van der Waals surface area contributed by atoms with Crippen LogP contribution in [0, 0.1) is 11.8 Å². The van der Waals surface area contributed by atoms with Gasteiger partial charge in [0, 0.05) is 30.2 Å². The molecule has 1 fully saturated rings. The first-order chi connectivity index (χ1) is 15.2. The smallest absolute Gasteiger partial charge is 0.124 e. The number of hydrogen-bond donors (Lipinski definition) is 1. The normalized spacial score (nSPS) is 19.3. The largest absolute Gasteiger partial charge is 0.493 e. The Bertz CT molecular complexity index is 866. The standard InChI is InChI=1S/C26H35NO3S/c1-3-19-5-7-25-22(13-19)14-20(4-2)16-27(25)31-24-6-8-26(23(15-24)17-28)30-18-21-9-11-29-12-10-21/h5-8,13,15,20-21,28H,3-4,9-12,14,16-18H2,1-2H3. The molecule has 0 aromatic heterocycles. The van der Waals surface area contributed by atoms with Crippen LogP contribution in [0.1, 0.15) is 49.8 Å². The molecule has 0 radical (unpaired) electrons. The molecule has 1 saturated heterocycles. The van der Waals surface area contributed by atoms with Crippen LogP contribution in [-0.2, 0) is 24.2 Å². The zero-order chi connectivity index (χ0) is 21.6. The monoisotopic (exact) mass is 441 g/mol. The summed E-state index contributed by atoms with van der Waals surface area (Å²) in [4.78, 5) is 1.14. The van der Waals surface area contributed by atoms with Gasteiger partial charge in [-0.2, -0.15) is 0 Å². The van der Waals surface area contributed by atoms with Gasteiger partial charge in [0.25, 0.3) is 0 Å². The molecule has 2 aromatic rings. The van der Waals surface area contributed by atoms with Crippen LogP contribution in [0.25, 0.3) is 0 Å².